The second-order valence-electron chi connectivity index (χ2n) is 10.4. The fourth-order valence-corrected chi connectivity index (χ4v) is 6.17. The second-order valence-corrected chi connectivity index (χ2v) is 10.4. The second kappa shape index (κ2) is 9.43. The summed E-state index contributed by atoms with van der Waals surface area (Å²) in [5, 5.41) is 53.8. The smallest absolute Gasteiger partial charge is 0.255 e. The van der Waals surface area contributed by atoms with Gasteiger partial charge < -0.3 is 31.3 Å². The molecule has 3 aliphatic rings. The molecule has 2 aromatic rings. The molecule has 202 valence electrons. The fourth-order valence-electron chi connectivity index (χ4n) is 6.17. The van der Waals surface area contributed by atoms with Gasteiger partial charge in [0.1, 0.15) is 28.6 Å². The SMILES string of the molecule is CCc1cc(C/C=C\c2ccc(O)c3c2C[C@H]2C[C@H]4CC(=O)C(C(N)=O)=C(O)[C@@]4(O)C(=O)C2=C3O)ccc1O. The van der Waals surface area contributed by atoms with Gasteiger partial charge >= 0.3 is 0 Å². The lowest BCUT2D eigenvalue weighted by Crippen LogP contribution is -2.58. The largest absolute Gasteiger partial charge is 0.508 e. The molecule has 0 heterocycles. The van der Waals surface area contributed by atoms with Crippen molar-refractivity contribution < 1.29 is 39.9 Å². The van der Waals surface area contributed by atoms with Crippen molar-refractivity contribution in [1.82, 2.24) is 0 Å². The van der Waals surface area contributed by atoms with Crippen LogP contribution >= 0.6 is 0 Å². The van der Waals surface area contributed by atoms with Gasteiger partial charge in [0.15, 0.2) is 11.4 Å². The van der Waals surface area contributed by atoms with Crippen molar-refractivity contribution in [3.63, 3.8) is 0 Å². The highest BCUT2D eigenvalue weighted by atomic mass is 16.3. The van der Waals surface area contributed by atoms with Crippen molar-refractivity contribution in [3.8, 4) is 11.5 Å². The maximum atomic E-state index is 13.6. The van der Waals surface area contributed by atoms with Crippen LogP contribution in [0.15, 0.2) is 53.3 Å². The van der Waals surface area contributed by atoms with E-state index in [0.29, 0.717) is 18.4 Å². The first-order chi connectivity index (χ1) is 18.5. The number of primary amides is 1. The Kier molecular flexibility index (Phi) is 6.34. The summed E-state index contributed by atoms with van der Waals surface area (Å²) in [7, 11) is 0. The van der Waals surface area contributed by atoms with Crippen LogP contribution in [0, 0.1) is 11.8 Å². The highest BCUT2D eigenvalue weighted by molar-refractivity contribution is 6.22. The van der Waals surface area contributed by atoms with Crippen molar-refractivity contribution in [3.05, 3.63) is 81.1 Å². The van der Waals surface area contributed by atoms with Crippen molar-refractivity contribution in [2.75, 3.05) is 0 Å². The molecule has 0 radical (unpaired) electrons. The van der Waals surface area contributed by atoms with E-state index in [-0.39, 0.29) is 41.9 Å². The third-order valence-electron chi connectivity index (χ3n) is 8.16. The Morgan fingerprint density at radius 2 is 1.79 bits per heavy atom. The van der Waals surface area contributed by atoms with Gasteiger partial charge in [0.05, 0.1) is 5.56 Å². The van der Waals surface area contributed by atoms with Crippen LogP contribution in [0.5, 0.6) is 11.5 Å². The van der Waals surface area contributed by atoms with Crippen molar-refractivity contribution in [2.45, 2.75) is 44.6 Å². The Balaban J connectivity index is 1.54. The van der Waals surface area contributed by atoms with Gasteiger partial charge in [-0.2, -0.15) is 0 Å². The van der Waals surface area contributed by atoms with Crippen molar-refractivity contribution >= 4 is 29.3 Å². The Morgan fingerprint density at radius 3 is 2.49 bits per heavy atom. The number of aromatic hydroxyl groups is 2. The number of nitrogens with two attached hydrogens (primary N) is 1. The Morgan fingerprint density at radius 1 is 1.08 bits per heavy atom. The number of phenolic OH excluding ortho intramolecular Hbond substituents is 2. The minimum atomic E-state index is -2.58. The van der Waals surface area contributed by atoms with E-state index >= 15 is 0 Å². The molecule has 0 saturated heterocycles. The quantitative estimate of drug-likeness (QED) is 0.319. The van der Waals surface area contributed by atoms with Crippen LogP contribution in [0.4, 0.5) is 0 Å². The fraction of sp³-hybridized carbons (Fsp3) is 0.300. The number of ketones is 2. The molecule has 5 rings (SSSR count). The van der Waals surface area contributed by atoms with Crippen LogP contribution in [-0.4, -0.2) is 48.6 Å². The van der Waals surface area contributed by atoms with Gasteiger partial charge in [0.25, 0.3) is 5.91 Å². The van der Waals surface area contributed by atoms with Gasteiger partial charge in [0.2, 0.25) is 5.78 Å². The first kappa shape index (κ1) is 26.2. The van der Waals surface area contributed by atoms with Gasteiger partial charge in [-0.1, -0.05) is 37.3 Å². The topological polar surface area (TPSA) is 178 Å². The summed E-state index contributed by atoms with van der Waals surface area (Å²) in [5.41, 5.74) is 4.89. The number of phenols is 2. The van der Waals surface area contributed by atoms with Crippen LogP contribution < -0.4 is 5.73 Å². The summed E-state index contributed by atoms with van der Waals surface area (Å²) in [5.74, 6) is -6.24. The number of hydrogen-bond acceptors (Lipinski definition) is 8. The summed E-state index contributed by atoms with van der Waals surface area (Å²) in [6, 6.07) is 8.53. The number of amides is 1. The standard InChI is InChI=1S/C30H29NO8/c1-2-15-10-14(6-8-20(15)32)4-3-5-16-7-9-21(33)24-19(16)12-17-11-18-13-22(34)25(29(31)38)28(37)30(18,39)27(36)23(17)26(24)35/h3,5-10,17-18,32-33,35,37,39H,2,4,11-13H2,1H3,(H2,31,38)/b5-3-/t17-,18+,30+/m1/s1. The van der Waals surface area contributed by atoms with Gasteiger partial charge in [-0.05, 0) is 66.0 Å². The molecule has 9 heteroatoms. The molecule has 0 aromatic heterocycles. The van der Waals surface area contributed by atoms with Crippen LogP contribution in [0.25, 0.3) is 11.8 Å². The molecule has 0 aliphatic heterocycles. The average molecular weight is 532 g/mol. The van der Waals surface area contributed by atoms with E-state index < -0.39 is 52.0 Å². The number of benzene rings is 2. The predicted molar refractivity (Wildman–Crippen MR) is 142 cm³/mol. The lowest BCUT2D eigenvalue weighted by molar-refractivity contribution is -0.147. The van der Waals surface area contributed by atoms with Crippen LogP contribution in [0.1, 0.15) is 47.6 Å². The van der Waals surface area contributed by atoms with Crippen molar-refractivity contribution in [1.29, 1.82) is 0 Å². The van der Waals surface area contributed by atoms with Crippen LogP contribution in [0.2, 0.25) is 0 Å². The van der Waals surface area contributed by atoms with E-state index in [9.17, 15) is 39.9 Å². The van der Waals surface area contributed by atoms with Gasteiger partial charge in [-0.25, -0.2) is 0 Å². The summed E-state index contributed by atoms with van der Waals surface area (Å²) >= 11 is 0. The van der Waals surface area contributed by atoms with E-state index in [2.05, 4.69) is 0 Å². The molecule has 7 N–H and O–H groups in total. The maximum absolute atomic E-state index is 13.6. The monoisotopic (exact) mass is 531 g/mol. The number of aryl methyl sites for hydroxylation is 1. The van der Waals surface area contributed by atoms with E-state index in [0.717, 1.165) is 16.7 Å². The molecular weight excluding hydrogens is 502 g/mol. The average Bonchev–Trinajstić information content (AvgIpc) is 2.88. The summed E-state index contributed by atoms with van der Waals surface area (Å²) in [6.45, 7) is 1.96. The number of fused-ring (bicyclic) bond motifs is 3. The van der Waals surface area contributed by atoms with Gasteiger partial charge in [-0.3, -0.25) is 14.4 Å². The zero-order valence-corrected chi connectivity index (χ0v) is 21.3. The Labute approximate surface area is 224 Å². The number of allylic oxidation sites excluding steroid dienone is 1. The Bertz CT molecular complexity index is 1530. The number of carbonyl (C=O) groups is 3. The molecule has 0 spiro atoms. The third kappa shape index (κ3) is 4.01. The molecular formula is C30H29NO8. The number of hydrogen-bond donors (Lipinski definition) is 6. The normalized spacial score (nSPS) is 24.6. The minimum Gasteiger partial charge on any atom is -0.508 e. The molecule has 1 saturated carbocycles. The third-order valence-corrected chi connectivity index (χ3v) is 8.16. The Hall–Kier alpha value is -4.37. The van der Waals surface area contributed by atoms with Gasteiger partial charge in [-0.15, -0.1) is 0 Å². The molecule has 0 unspecified atom stereocenters. The summed E-state index contributed by atoms with van der Waals surface area (Å²) in [6.07, 6.45) is 5.00. The molecule has 9 nitrogen and oxygen atoms in total. The molecule has 0 bridgehead atoms. The van der Waals surface area contributed by atoms with E-state index in [4.69, 9.17) is 5.73 Å². The van der Waals surface area contributed by atoms with Crippen LogP contribution in [0.3, 0.4) is 0 Å². The van der Waals surface area contributed by atoms with E-state index in [1.807, 2.05) is 31.2 Å². The number of aliphatic hydroxyl groups is 3. The molecule has 1 amide bonds. The highest BCUT2D eigenvalue weighted by Crippen LogP contribution is 2.52. The lowest BCUT2D eigenvalue weighted by Gasteiger charge is -2.46. The zero-order chi connectivity index (χ0) is 28.2. The first-order valence-electron chi connectivity index (χ1n) is 12.8. The zero-order valence-electron chi connectivity index (χ0n) is 21.3. The molecule has 3 atom stereocenters. The van der Waals surface area contributed by atoms with E-state index in [1.165, 1.54) is 6.07 Å². The number of aliphatic hydroxyl groups excluding tert-OH is 2. The first-order valence-corrected chi connectivity index (χ1v) is 12.8. The molecule has 3 aliphatic carbocycles. The predicted octanol–water partition coefficient (Wildman–Crippen LogP) is 2.95. The molecule has 39 heavy (non-hydrogen) atoms. The van der Waals surface area contributed by atoms with Gasteiger partial charge in [0, 0.05) is 17.9 Å². The maximum Gasteiger partial charge on any atom is 0.255 e. The minimum absolute atomic E-state index is 0.0576. The highest BCUT2D eigenvalue weighted by Gasteiger charge is 2.60. The molecule has 1 fully saturated rings. The van der Waals surface area contributed by atoms with Crippen LogP contribution in [-0.2, 0) is 33.6 Å². The van der Waals surface area contributed by atoms with E-state index in [1.54, 1.807) is 12.1 Å². The van der Waals surface area contributed by atoms with Crippen molar-refractivity contribution in [2.24, 2.45) is 17.6 Å². The summed E-state index contributed by atoms with van der Waals surface area (Å²) in [4.78, 5) is 37.9. The number of rotatable bonds is 5. The number of Topliss-reactive ketones (excluding diaryl/α,β-unsaturated/α-hetero) is 2. The molecule has 2 aromatic carbocycles. The number of carbonyl (C=O) groups excluding carboxylic acids is 3. The summed E-state index contributed by atoms with van der Waals surface area (Å²) < 4.78 is 0. The lowest BCUT2D eigenvalue weighted by atomic mass is 9.59.